The van der Waals surface area contributed by atoms with Crippen LogP contribution in [-0.4, -0.2) is 143 Å². The van der Waals surface area contributed by atoms with Crippen molar-refractivity contribution in [1.82, 2.24) is 76.6 Å². The monoisotopic (exact) mass is 1630 g/mol. The average molecular weight is 1630 g/mol. The van der Waals surface area contributed by atoms with E-state index in [1.807, 2.05) is 155 Å². The molecular formula is C76H85ClN22O12S3. The van der Waals surface area contributed by atoms with Crippen LogP contribution in [0.25, 0.3) is 38.9 Å². The Morgan fingerprint density at radius 1 is 0.447 bits per heavy atom. The van der Waals surface area contributed by atoms with Crippen LogP contribution in [0.4, 0.5) is 58.6 Å². The number of hydrazine groups is 2. The van der Waals surface area contributed by atoms with Gasteiger partial charge in [0.25, 0.3) is 5.91 Å². The standard InChI is InChI=1S/C26H28N8O4S.C25H29ClN6O4S.C25H28N8O4S/c1-26(2,3)21-15-23(29-24(35)28-22-14-11-18-7-5-6-8-20(18)27-22)34(30-21)19-12-9-17(10-13-19)16-33-32(4)25(36)31-39(33,37)38;1-24(2,3)20-14-21(28-23(34)27-18-10-8-17(26)9-11-18)32(29-20)19-12-6-16(7-13-19)15-31-25(4,5)22(33)30-37(31,35)36;1-25(2,3)21-14-22(28-23(34)27-18-7-10-20-17(13-18)11-12-26-20)33(29-21)19-8-5-16(6-9-19)15-32-31(4)24(35)30-38(32,36)37/h5-15H,16H2,1-4H3,(H,31,36)(H2,27,28,29,35);6-14H,15H2,1-5H3,(H,30,33)(H2,27,28,34);5-14,26H,15H2,1-4H3,(H,30,35)(H2,27,28,34). The fourth-order valence-corrected chi connectivity index (χ4v) is 15.9. The highest BCUT2D eigenvalue weighted by atomic mass is 35.5. The molecule has 0 aliphatic carbocycles. The van der Waals surface area contributed by atoms with Gasteiger partial charge in [0, 0.05) is 94.0 Å². The molecule has 0 atom stereocenters. The minimum Gasteiger partial charge on any atom is -0.361 e. The largest absolute Gasteiger partial charge is 0.361 e. The number of fused-ring (bicyclic) bond motifs is 2. The van der Waals surface area contributed by atoms with Crippen LogP contribution in [0.3, 0.4) is 0 Å². The Morgan fingerprint density at radius 2 is 0.860 bits per heavy atom. The molecule has 0 spiro atoms. The number of amides is 11. The molecule has 0 saturated carbocycles. The number of benzene rings is 6. The molecule has 0 radical (unpaired) electrons. The molecule has 0 unspecified atom stereocenters. The van der Waals surface area contributed by atoms with E-state index in [2.05, 4.69) is 41.9 Å². The minimum absolute atomic E-state index is 0.0231. The zero-order chi connectivity index (χ0) is 82.4. The van der Waals surface area contributed by atoms with Gasteiger partial charge in [-0.3, -0.25) is 26.1 Å². The van der Waals surface area contributed by atoms with Crippen molar-refractivity contribution in [1.29, 1.82) is 0 Å². The number of aromatic nitrogens is 8. The molecule has 3 fully saturated rings. The number of carbonyl (C=O) groups excluding carboxylic acids is 6. The lowest BCUT2D eigenvalue weighted by molar-refractivity contribution is -0.125. The van der Waals surface area contributed by atoms with Crippen LogP contribution in [0.5, 0.6) is 0 Å². The number of nitrogens with zero attached hydrogens (tertiary/aromatic N) is 12. The second-order valence-electron chi connectivity index (χ2n) is 30.5. The molecule has 34 nitrogen and oxygen atoms in total. The average Bonchev–Trinajstić information content (AvgIpc) is 1.61. The molecular weight excluding hydrogens is 1540 g/mol. The number of halogens is 1. The maximum atomic E-state index is 12.9. The zero-order valence-corrected chi connectivity index (χ0v) is 67.5. The molecule has 8 heterocycles. The SMILES string of the molecule is CC(C)(C)c1cc(NC(=O)Nc2ccc(Cl)cc2)n(-c2ccc(CN3C(C)(C)C(=O)NS3(=O)=O)cc2)n1.CN1C(=O)NS(=O)(=O)N1Cc1ccc(-n2nc(C(C)(C)C)cc2NC(=O)Nc2ccc3[nH]ccc3c2)cc1.CN1C(=O)NS(=O)(=O)N1Cc1ccc(-n2nc(C(C)(C)C)cc2NC(=O)Nc2ccc3ccccc3n2)cc1. The number of para-hydroxylation sites is 1. The highest BCUT2D eigenvalue weighted by Crippen LogP contribution is 2.34. The van der Waals surface area contributed by atoms with Gasteiger partial charge in [0.1, 0.15) is 28.8 Å². The first kappa shape index (κ1) is 81.2. The fourth-order valence-electron chi connectivity index (χ4n) is 11.8. The highest BCUT2D eigenvalue weighted by Gasteiger charge is 2.50. The molecule has 38 heteroatoms. The molecule has 0 bridgehead atoms. The smallest absolute Gasteiger partial charge is 0.347 e. The van der Waals surface area contributed by atoms with Crippen LogP contribution >= 0.6 is 11.6 Å². The van der Waals surface area contributed by atoms with E-state index < -0.39 is 72.2 Å². The Bertz CT molecular complexity index is 5890. The summed E-state index contributed by atoms with van der Waals surface area (Å²) in [6, 6.07) is 49.3. The summed E-state index contributed by atoms with van der Waals surface area (Å²) >= 11 is 5.91. The van der Waals surface area contributed by atoms with Crippen molar-refractivity contribution in [2.75, 3.05) is 46.0 Å². The van der Waals surface area contributed by atoms with Crippen LogP contribution in [0.2, 0.25) is 5.02 Å². The van der Waals surface area contributed by atoms with Crippen molar-refractivity contribution in [3.8, 4) is 17.1 Å². The minimum atomic E-state index is -3.93. The molecule has 5 aromatic heterocycles. The third-order valence-corrected chi connectivity index (χ3v) is 22.9. The maximum absolute atomic E-state index is 12.9. The van der Waals surface area contributed by atoms with Crippen LogP contribution < -0.4 is 46.1 Å². The first-order valence-corrected chi connectivity index (χ1v) is 40.2. The molecule has 14 rings (SSSR count). The van der Waals surface area contributed by atoms with E-state index in [1.165, 1.54) is 14.1 Å². The van der Waals surface area contributed by atoms with Crippen LogP contribution in [0.1, 0.15) is 110 Å². The van der Waals surface area contributed by atoms with Crippen molar-refractivity contribution in [2.24, 2.45) is 0 Å². The van der Waals surface area contributed by atoms with Crippen LogP contribution in [-0.2, 0) is 71.3 Å². The van der Waals surface area contributed by atoms with Crippen LogP contribution in [0, 0.1) is 0 Å². The van der Waals surface area contributed by atoms with E-state index in [9.17, 15) is 54.0 Å². The summed E-state index contributed by atoms with van der Waals surface area (Å²) in [6.07, 6.45) is 1.84. The molecule has 3 aliphatic rings. The quantitative estimate of drug-likeness (QED) is 0.0456. The summed E-state index contributed by atoms with van der Waals surface area (Å²) in [6.45, 7) is 21.3. The van der Waals surface area contributed by atoms with E-state index in [0.717, 1.165) is 62.0 Å². The van der Waals surface area contributed by atoms with E-state index >= 15 is 0 Å². The summed E-state index contributed by atoms with van der Waals surface area (Å²) in [5.41, 5.74) is 7.25. The third-order valence-electron chi connectivity index (χ3n) is 18.4. The number of hydrogen-bond acceptors (Lipinski definition) is 16. The van der Waals surface area contributed by atoms with Gasteiger partial charge in [-0.05, 0) is 134 Å². The zero-order valence-electron chi connectivity index (χ0n) is 64.3. The second-order valence-corrected chi connectivity index (χ2v) is 35.7. The van der Waals surface area contributed by atoms with Gasteiger partial charge in [-0.2, -0.15) is 44.9 Å². The Hall–Kier alpha value is -12.3. The molecule has 11 aromatic rings. The molecule has 11 amide bonds. The highest BCUT2D eigenvalue weighted by molar-refractivity contribution is 7.88. The van der Waals surface area contributed by atoms with Gasteiger partial charge in [0.2, 0.25) is 0 Å². The van der Waals surface area contributed by atoms with Crippen molar-refractivity contribution >= 4 is 135 Å². The number of urea groups is 5. The van der Waals surface area contributed by atoms with Gasteiger partial charge in [0.05, 0.1) is 52.8 Å². The lowest BCUT2D eigenvalue weighted by atomic mass is 9.92. The Balaban J connectivity index is 0.000000158. The van der Waals surface area contributed by atoms with E-state index in [-0.39, 0.29) is 35.9 Å². The predicted octanol–water partition coefficient (Wildman–Crippen LogP) is 12.3. The first-order chi connectivity index (χ1) is 53.5. The van der Waals surface area contributed by atoms with Gasteiger partial charge in [-0.1, -0.05) is 137 Å². The molecule has 10 N–H and O–H groups in total. The number of anilines is 6. The molecule has 114 heavy (non-hydrogen) atoms. The number of hydrogen-bond donors (Lipinski definition) is 10. The number of aromatic amines is 1. The van der Waals surface area contributed by atoms with E-state index in [4.69, 9.17) is 26.9 Å². The topological polar surface area (TPSA) is 411 Å². The van der Waals surface area contributed by atoms with Crippen molar-refractivity contribution in [3.05, 3.63) is 221 Å². The first-order valence-electron chi connectivity index (χ1n) is 35.5. The molecule has 3 saturated heterocycles. The molecule has 6 aromatic carbocycles. The Morgan fingerprint density at radius 3 is 1.27 bits per heavy atom. The molecule has 3 aliphatic heterocycles. The van der Waals surface area contributed by atoms with Crippen molar-refractivity contribution in [3.63, 3.8) is 0 Å². The number of nitrogens with one attached hydrogen (secondary N) is 10. The number of carbonyl (C=O) groups is 6. The summed E-state index contributed by atoms with van der Waals surface area (Å²) in [5.74, 6) is 1.22. The maximum Gasteiger partial charge on any atom is 0.347 e. The van der Waals surface area contributed by atoms with Gasteiger partial charge in [-0.15, -0.1) is 0 Å². The van der Waals surface area contributed by atoms with Gasteiger partial charge < -0.3 is 15.6 Å². The lowest BCUT2D eigenvalue weighted by Crippen LogP contribution is -2.43. The Kier molecular flexibility index (Phi) is 22.4. The number of pyridine rings is 1. The number of H-pyrrole nitrogens is 1. The fraction of sp³-hybridized carbons (Fsp3) is 0.263. The normalized spacial score (nSPS) is 15.9. The predicted molar refractivity (Wildman–Crippen MR) is 434 cm³/mol. The second kappa shape index (κ2) is 31.4. The van der Waals surface area contributed by atoms with Gasteiger partial charge >= 0.3 is 60.8 Å². The number of rotatable bonds is 15. The van der Waals surface area contributed by atoms with Crippen molar-refractivity contribution in [2.45, 2.75) is 118 Å². The summed E-state index contributed by atoms with van der Waals surface area (Å²) in [4.78, 5) is 81.7. The molecule has 596 valence electrons. The summed E-state index contributed by atoms with van der Waals surface area (Å²) in [7, 11) is -9.02. The van der Waals surface area contributed by atoms with Gasteiger partial charge in [-0.25, -0.2) is 67.2 Å². The van der Waals surface area contributed by atoms with E-state index in [1.54, 1.807) is 131 Å². The lowest BCUT2D eigenvalue weighted by Gasteiger charge is -2.25. The van der Waals surface area contributed by atoms with Crippen LogP contribution in [0.15, 0.2) is 182 Å². The summed E-state index contributed by atoms with van der Waals surface area (Å²) < 4.78 is 87.4. The van der Waals surface area contributed by atoms with E-state index in [0.29, 0.717) is 73.4 Å². The van der Waals surface area contributed by atoms with Gasteiger partial charge in [0.15, 0.2) is 0 Å². The third kappa shape index (κ3) is 18.4. The Labute approximate surface area is 663 Å². The van der Waals surface area contributed by atoms with Crippen molar-refractivity contribution < 1.29 is 54.0 Å². The summed E-state index contributed by atoms with van der Waals surface area (Å²) in [5, 5.41) is 35.7.